The smallest absolute Gasteiger partial charge is 0.220 e. The van der Waals surface area contributed by atoms with Crippen LogP contribution >= 0.6 is 7.26 Å². The summed E-state index contributed by atoms with van der Waals surface area (Å²) in [6.07, 6.45) is 5.28. The molecule has 0 aromatic carbocycles. The molecule has 0 aliphatic heterocycles. The summed E-state index contributed by atoms with van der Waals surface area (Å²) in [6.45, 7) is 17.1. The molecule has 0 heterocycles. The Balaban J connectivity index is 4.09. The molecule has 1 N–H and O–H groups in total. The van der Waals surface area contributed by atoms with Crippen LogP contribution in [0.1, 0.15) is 47.0 Å². The summed E-state index contributed by atoms with van der Waals surface area (Å²) in [4.78, 5) is 11.4. The van der Waals surface area contributed by atoms with Crippen LogP contribution in [-0.2, 0) is 4.79 Å². The SMILES string of the molecule is C=C(C)C[P+](C)(C)CCCC(C)(C)NC(=O)CC. The number of carbonyl (C=O) groups is 1. The molecular formula is C15H31NOP+. The van der Waals surface area contributed by atoms with Crippen LogP contribution in [0.2, 0.25) is 0 Å². The van der Waals surface area contributed by atoms with Gasteiger partial charge in [0.1, 0.15) is 0 Å². The lowest BCUT2D eigenvalue weighted by Crippen LogP contribution is -2.43. The molecule has 0 saturated carbocycles. The van der Waals surface area contributed by atoms with E-state index in [1.54, 1.807) is 0 Å². The van der Waals surface area contributed by atoms with E-state index in [1.165, 1.54) is 24.3 Å². The highest BCUT2D eigenvalue weighted by atomic mass is 31.2. The summed E-state index contributed by atoms with van der Waals surface area (Å²) in [6, 6.07) is 0. The van der Waals surface area contributed by atoms with E-state index in [-0.39, 0.29) is 11.4 Å². The standard InChI is InChI=1S/C15H30NOP/c1-8-14(17)16-15(4,5)10-9-11-18(6,7)12-13(2)3/h2,8-12H2,1,3-7H3/p+1. The van der Waals surface area contributed by atoms with Crippen molar-refractivity contribution in [2.75, 3.05) is 25.7 Å². The fourth-order valence-electron chi connectivity index (χ4n) is 2.29. The van der Waals surface area contributed by atoms with Gasteiger partial charge < -0.3 is 5.32 Å². The molecule has 106 valence electrons. The highest BCUT2D eigenvalue weighted by Gasteiger charge is 2.26. The van der Waals surface area contributed by atoms with Crippen molar-refractivity contribution in [3.8, 4) is 0 Å². The van der Waals surface area contributed by atoms with E-state index in [2.05, 4.69) is 46.0 Å². The third-order valence-corrected chi connectivity index (χ3v) is 5.98. The molecule has 18 heavy (non-hydrogen) atoms. The van der Waals surface area contributed by atoms with E-state index in [1.807, 2.05) is 6.92 Å². The zero-order valence-electron chi connectivity index (χ0n) is 13.1. The molecule has 0 unspecified atom stereocenters. The zero-order chi connectivity index (χ0) is 14.4. The molecule has 0 aliphatic rings. The molecule has 0 spiro atoms. The topological polar surface area (TPSA) is 29.1 Å². The Kier molecular flexibility index (Phi) is 7.14. The summed E-state index contributed by atoms with van der Waals surface area (Å²) in [5.74, 6) is 0.149. The number of rotatable bonds is 8. The first kappa shape index (κ1) is 17.6. The Labute approximate surface area is 114 Å². The molecule has 0 radical (unpaired) electrons. The first-order chi connectivity index (χ1) is 8.08. The fraction of sp³-hybridized carbons (Fsp3) is 0.800. The van der Waals surface area contributed by atoms with Crippen LogP contribution in [-0.4, -0.2) is 37.1 Å². The molecule has 0 aromatic rings. The molecular weight excluding hydrogens is 241 g/mol. The highest BCUT2D eigenvalue weighted by Crippen LogP contribution is 2.53. The lowest BCUT2D eigenvalue weighted by molar-refractivity contribution is -0.122. The van der Waals surface area contributed by atoms with Gasteiger partial charge in [-0.2, -0.15) is 0 Å². The number of nitrogens with one attached hydrogen (secondary N) is 1. The third-order valence-electron chi connectivity index (χ3n) is 3.06. The van der Waals surface area contributed by atoms with Crippen molar-refractivity contribution in [2.45, 2.75) is 52.5 Å². The summed E-state index contributed by atoms with van der Waals surface area (Å²) in [5, 5.41) is 3.09. The van der Waals surface area contributed by atoms with Gasteiger partial charge in [-0.05, 0) is 39.2 Å². The summed E-state index contributed by atoms with van der Waals surface area (Å²) in [7, 11) is -0.838. The minimum atomic E-state index is -0.838. The van der Waals surface area contributed by atoms with Gasteiger partial charge in [0.25, 0.3) is 0 Å². The molecule has 1 amide bonds. The molecule has 0 rings (SSSR count). The average molecular weight is 272 g/mol. The van der Waals surface area contributed by atoms with Gasteiger partial charge in [0.05, 0.1) is 12.3 Å². The largest absolute Gasteiger partial charge is 0.351 e. The number of hydrogen-bond donors (Lipinski definition) is 1. The van der Waals surface area contributed by atoms with Gasteiger partial charge in [0.15, 0.2) is 0 Å². The molecule has 0 aliphatic carbocycles. The Morgan fingerprint density at radius 1 is 1.33 bits per heavy atom. The van der Waals surface area contributed by atoms with Crippen LogP contribution < -0.4 is 5.32 Å². The van der Waals surface area contributed by atoms with Gasteiger partial charge in [-0.3, -0.25) is 4.79 Å². The lowest BCUT2D eigenvalue weighted by atomic mass is 9.99. The minimum Gasteiger partial charge on any atom is -0.351 e. The van der Waals surface area contributed by atoms with E-state index in [0.29, 0.717) is 6.42 Å². The molecule has 0 saturated heterocycles. The monoisotopic (exact) mass is 272 g/mol. The second kappa shape index (κ2) is 7.28. The molecule has 3 heteroatoms. The Hall–Kier alpha value is -0.360. The second-order valence-corrected chi connectivity index (χ2v) is 11.3. The number of carbonyl (C=O) groups excluding carboxylic acids is 1. The maximum Gasteiger partial charge on any atom is 0.220 e. The molecule has 0 bridgehead atoms. The zero-order valence-corrected chi connectivity index (χ0v) is 14.0. The van der Waals surface area contributed by atoms with Crippen molar-refractivity contribution in [3.63, 3.8) is 0 Å². The van der Waals surface area contributed by atoms with Crippen LogP contribution in [0.3, 0.4) is 0 Å². The third kappa shape index (κ3) is 8.69. The highest BCUT2D eigenvalue weighted by molar-refractivity contribution is 7.74. The summed E-state index contributed by atoms with van der Waals surface area (Å²) >= 11 is 0. The minimum absolute atomic E-state index is 0.0731. The van der Waals surface area contributed by atoms with Crippen molar-refractivity contribution in [1.29, 1.82) is 0 Å². The maximum absolute atomic E-state index is 11.4. The van der Waals surface area contributed by atoms with Gasteiger partial charge in [-0.15, -0.1) is 0 Å². The van der Waals surface area contributed by atoms with Crippen molar-refractivity contribution >= 4 is 13.2 Å². The fourth-order valence-corrected chi connectivity index (χ4v) is 4.92. The van der Waals surface area contributed by atoms with E-state index < -0.39 is 7.26 Å². The van der Waals surface area contributed by atoms with E-state index in [4.69, 9.17) is 0 Å². The molecule has 0 fully saturated rings. The van der Waals surface area contributed by atoms with Crippen LogP contribution in [0.4, 0.5) is 0 Å². The second-order valence-electron chi connectivity index (χ2n) is 6.66. The van der Waals surface area contributed by atoms with Crippen molar-refractivity contribution in [3.05, 3.63) is 12.2 Å². The van der Waals surface area contributed by atoms with Crippen molar-refractivity contribution < 1.29 is 4.79 Å². The molecule has 0 atom stereocenters. The van der Waals surface area contributed by atoms with Crippen LogP contribution in [0.25, 0.3) is 0 Å². The first-order valence-corrected chi connectivity index (χ1v) is 9.91. The molecule has 2 nitrogen and oxygen atoms in total. The van der Waals surface area contributed by atoms with Gasteiger partial charge in [0, 0.05) is 32.6 Å². The summed E-state index contributed by atoms with van der Waals surface area (Å²) < 4.78 is 0. The van der Waals surface area contributed by atoms with Gasteiger partial charge in [0.2, 0.25) is 5.91 Å². The molecule has 0 aromatic heterocycles. The average Bonchev–Trinajstić information content (AvgIpc) is 2.13. The predicted molar refractivity (Wildman–Crippen MR) is 85.1 cm³/mol. The normalized spacial score (nSPS) is 12.3. The first-order valence-electron chi connectivity index (χ1n) is 6.85. The predicted octanol–water partition coefficient (Wildman–Crippen LogP) is 3.92. The number of amides is 1. The van der Waals surface area contributed by atoms with Crippen molar-refractivity contribution in [1.82, 2.24) is 5.32 Å². The van der Waals surface area contributed by atoms with Crippen LogP contribution in [0.5, 0.6) is 0 Å². The quantitative estimate of drug-likeness (QED) is 0.526. The van der Waals surface area contributed by atoms with Crippen LogP contribution in [0, 0.1) is 0 Å². The number of hydrogen-bond acceptors (Lipinski definition) is 1. The van der Waals surface area contributed by atoms with E-state index in [0.717, 1.165) is 6.42 Å². The van der Waals surface area contributed by atoms with Crippen LogP contribution in [0.15, 0.2) is 12.2 Å². The van der Waals surface area contributed by atoms with Gasteiger partial charge >= 0.3 is 0 Å². The Bertz CT molecular complexity index is 295. The lowest BCUT2D eigenvalue weighted by Gasteiger charge is -2.27. The Morgan fingerprint density at radius 3 is 2.33 bits per heavy atom. The van der Waals surface area contributed by atoms with E-state index in [9.17, 15) is 4.79 Å². The van der Waals surface area contributed by atoms with Gasteiger partial charge in [-0.1, -0.05) is 13.5 Å². The summed E-state index contributed by atoms with van der Waals surface area (Å²) in [5.41, 5.74) is 1.22. The maximum atomic E-state index is 11.4. The number of allylic oxidation sites excluding steroid dienone is 1. The van der Waals surface area contributed by atoms with E-state index >= 15 is 0 Å². The Morgan fingerprint density at radius 2 is 1.89 bits per heavy atom. The van der Waals surface area contributed by atoms with Gasteiger partial charge in [-0.25, -0.2) is 0 Å². The van der Waals surface area contributed by atoms with Crippen molar-refractivity contribution in [2.24, 2.45) is 0 Å².